The highest BCUT2D eigenvalue weighted by atomic mass is 35.5. The monoisotopic (exact) mass is 444 g/mol. The maximum atomic E-state index is 12.7. The van der Waals surface area contributed by atoms with E-state index in [2.05, 4.69) is 29.4 Å². The van der Waals surface area contributed by atoms with E-state index in [1.54, 1.807) is 18.2 Å². The number of rotatable bonds is 9. The number of benzene rings is 2. The Kier molecular flexibility index (Phi) is 7.76. The van der Waals surface area contributed by atoms with E-state index in [1.165, 1.54) is 11.8 Å². The summed E-state index contributed by atoms with van der Waals surface area (Å²) in [5.74, 6) is 1.91. The number of ether oxygens (including phenoxy) is 1. The number of amides is 1. The van der Waals surface area contributed by atoms with Crippen LogP contribution in [0.3, 0.4) is 0 Å². The number of nitrogens with one attached hydrogen (secondary N) is 1. The first-order valence-corrected chi connectivity index (χ1v) is 11.2. The molecular weight excluding hydrogens is 420 g/mol. The molecule has 1 heterocycles. The highest BCUT2D eigenvalue weighted by Gasteiger charge is 2.16. The molecule has 1 N–H and O–H groups in total. The zero-order valence-electron chi connectivity index (χ0n) is 17.3. The number of anilines is 1. The predicted molar refractivity (Wildman–Crippen MR) is 121 cm³/mol. The topological polar surface area (TPSA) is 69.0 Å². The Balaban J connectivity index is 1.69. The van der Waals surface area contributed by atoms with E-state index in [0.717, 1.165) is 15.7 Å². The summed E-state index contributed by atoms with van der Waals surface area (Å²) in [7, 11) is 0. The molecule has 0 atom stereocenters. The molecule has 0 unspecified atom stereocenters. The lowest BCUT2D eigenvalue weighted by molar-refractivity contribution is 0.102. The molecule has 0 bridgehead atoms. The summed E-state index contributed by atoms with van der Waals surface area (Å²) in [5, 5.41) is 12.7. The lowest BCUT2D eigenvalue weighted by Crippen LogP contribution is -2.16. The van der Waals surface area contributed by atoms with Crippen LogP contribution in [0, 0.1) is 5.92 Å². The van der Waals surface area contributed by atoms with Crippen LogP contribution in [0.4, 0.5) is 5.95 Å². The second-order valence-electron chi connectivity index (χ2n) is 7.12. The molecule has 0 radical (unpaired) electrons. The summed E-state index contributed by atoms with van der Waals surface area (Å²) in [6, 6.07) is 14.8. The Morgan fingerprint density at radius 1 is 1.20 bits per heavy atom. The molecule has 0 aliphatic rings. The largest absolute Gasteiger partial charge is 0.493 e. The number of nitrogens with zero attached hydrogens (tertiary/aromatic N) is 3. The Bertz CT molecular complexity index is 1010. The van der Waals surface area contributed by atoms with Gasteiger partial charge in [0.05, 0.1) is 6.61 Å². The van der Waals surface area contributed by atoms with Crippen LogP contribution in [0.5, 0.6) is 5.75 Å². The van der Waals surface area contributed by atoms with Gasteiger partial charge in [-0.2, -0.15) is 0 Å². The van der Waals surface area contributed by atoms with Crippen LogP contribution in [0.2, 0.25) is 5.02 Å². The first-order chi connectivity index (χ1) is 14.5. The summed E-state index contributed by atoms with van der Waals surface area (Å²) >= 11 is 7.76. The number of aromatic nitrogens is 3. The van der Waals surface area contributed by atoms with E-state index < -0.39 is 0 Å². The SMILES string of the molecule is CCn1c(NC(=O)c2cccc(OCC(C)C)c2)nnc1SCc1ccccc1Cl. The zero-order valence-corrected chi connectivity index (χ0v) is 18.8. The van der Waals surface area contributed by atoms with Gasteiger partial charge in [-0.25, -0.2) is 0 Å². The summed E-state index contributed by atoms with van der Waals surface area (Å²) in [6.45, 7) is 7.37. The van der Waals surface area contributed by atoms with Crippen molar-refractivity contribution in [2.75, 3.05) is 11.9 Å². The van der Waals surface area contributed by atoms with Crippen molar-refractivity contribution >= 4 is 35.2 Å². The second-order valence-corrected chi connectivity index (χ2v) is 8.47. The third-order valence-corrected chi connectivity index (χ3v) is 5.64. The van der Waals surface area contributed by atoms with Gasteiger partial charge in [0.2, 0.25) is 5.95 Å². The Hall–Kier alpha value is -2.51. The van der Waals surface area contributed by atoms with Crippen molar-refractivity contribution in [3.05, 3.63) is 64.7 Å². The summed E-state index contributed by atoms with van der Waals surface area (Å²) in [6.07, 6.45) is 0. The standard InChI is InChI=1S/C22H25ClN4O2S/c1-4-27-21(25-26-22(27)30-14-17-8-5-6-11-19(17)23)24-20(28)16-9-7-10-18(12-16)29-13-15(2)3/h5-12,15H,4,13-14H2,1-3H3,(H,24,25,28). The molecule has 1 aromatic heterocycles. The van der Waals surface area contributed by atoms with Crippen molar-refractivity contribution in [1.29, 1.82) is 0 Å². The zero-order chi connectivity index (χ0) is 21.5. The minimum atomic E-state index is -0.255. The number of thioether (sulfide) groups is 1. The molecule has 1 amide bonds. The molecule has 0 saturated heterocycles. The third kappa shape index (κ3) is 5.77. The Morgan fingerprint density at radius 3 is 2.73 bits per heavy atom. The van der Waals surface area contributed by atoms with Crippen LogP contribution < -0.4 is 10.1 Å². The molecule has 6 nitrogen and oxygen atoms in total. The van der Waals surface area contributed by atoms with Crippen LogP contribution in [-0.4, -0.2) is 27.3 Å². The van der Waals surface area contributed by atoms with Crippen molar-refractivity contribution < 1.29 is 9.53 Å². The van der Waals surface area contributed by atoms with Crippen molar-refractivity contribution in [3.63, 3.8) is 0 Å². The van der Waals surface area contributed by atoms with E-state index in [0.29, 0.717) is 42.1 Å². The van der Waals surface area contributed by atoms with E-state index in [9.17, 15) is 4.79 Å². The first kappa shape index (κ1) is 22.2. The van der Waals surface area contributed by atoms with Gasteiger partial charge >= 0.3 is 0 Å². The van der Waals surface area contributed by atoms with Gasteiger partial charge in [0.25, 0.3) is 5.91 Å². The summed E-state index contributed by atoms with van der Waals surface area (Å²) < 4.78 is 7.59. The fraction of sp³-hybridized carbons (Fsp3) is 0.318. The highest BCUT2D eigenvalue weighted by Crippen LogP contribution is 2.27. The molecule has 0 aliphatic carbocycles. The lowest BCUT2D eigenvalue weighted by Gasteiger charge is -2.11. The second kappa shape index (κ2) is 10.5. The molecule has 0 aliphatic heterocycles. The van der Waals surface area contributed by atoms with E-state index in [-0.39, 0.29) is 5.91 Å². The molecule has 0 saturated carbocycles. The van der Waals surface area contributed by atoms with Gasteiger partial charge in [0, 0.05) is 22.9 Å². The number of carbonyl (C=O) groups is 1. The number of hydrogen-bond acceptors (Lipinski definition) is 5. The fourth-order valence-corrected chi connectivity index (χ4v) is 3.98. The van der Waals surface area contributed by atoms with Crippen molar-refractivity contribution in [1.82, 2.24) is 14.8 Å². The summed E-state index contributed by atoms with van der Waals surface area (Å²) in [4.78, 5) is 12.7. The molecule has 3 rings (SSSR count). The summed E-state index contributed by atoms with van der Waals surface area (Å²) in [5.41, 5.74) is 1.53. The van der Waals surface area contributed by atoms with Gasteiger partial charge in [-0.05, 0) is 42.7 Å². The lowest BCUT2D eigenvalue weighted by atomic mass is 10.2. The van der Waals surface area contributed by atoms with Crippen molar-refractivity contribution in [2.24, 2.45) is 5.92 Å². The quantitative estimate of drug-likeness (QED) is 0.439. The Labute approximate surface area is 186 Å². The molecule has 158 valence electrons. The van der Waals surface area contributed by atoms with Gasteiger partial charge in [0.1, 0.15) is 5.75 Å². The van der Waals surface area contributed by atoms with Gasteiger partial charge in [-0.1, -0.05) is 61.5 Å². The minimum Gasteiger partial charge on any atom is -0.493 e. The number of halogens is 1. The van der Waals surface area contributed by atoms with Crippen molar-refractivity contribution in [3.8, 4) is 5.75 Å². The van der Waals surface area contributed by atoms with Crippen LogP contribution in [-0.2, 0) is 12.3 Å². The first-order valence-electron chi connectivity index (χ1n) is 9.81. The molecule has 3 aromatic rings. The predicted octanol–water partition coefficient (Wildman–Crippen LogP) is 5.53. The smallest absolute Gasteiger partial charge is 0.258 e. The van der Waals surface area contributed by atoms with E-state index in [4.69, 9.17) is 16.3 Å². The maximum Gasteiger partial charge on any atom is 0.258 e. The molecule has 8 heteroatoms. The average Bonchev–Trinajstić information content (AvgIpc) is 3.13. The third-order valence-electron chi connectivity index (χ3n) is 4.25. The van der Waals surface area contributed by atoms with Crippen LogP contribution in [0.1, 0.15) is 36.7 Å². The maximum absolute atomic E-state index is 12.7. The number of hydrogen-bond donors (Lipinski definition) is 1. The number of carbonyl (C=O) groups excluding carboxylic acids is 1. The van der Waals surface area contributed by atoms with Crippen LogP contribution in [0.25, 0.3) is 0 Å². The normalized spacial score (nSPS) is 11.0. The molecule has 30 heavy (non-hydrogen) atoms. The molecular formula is C22H25ClN4O2S. The fourth-order valence-electron chi connectivity index (χ4n) is 2.69. The molecule has 0 spiro atoms. The van der Waals surface area contributed by atoms with E-state index >= 15 is 0 Å². The van der Waals surface area contributed by atoms with Gasteiger partial charge in [-0.3, -0.25) is 14.7 Å². The molecule has 2 aromatic carbocycles. The van der Waals surface area contributed by atoms with Gasteiger partial charge in [0.15, 0.2) is 5.16 Å². The van der Waals surface area contributed by atoms with Gasteiger partial charge < -0.3 is 4.74 Å². The molecule has 0 fully saturated rings. The Morgan fingerprint density at radius 2 is 2.00 bits per heavy atom. The van der Waals surface area contributed by atoms with Crippen LogP contribution >= 0.6 is 23.4 Å². The van der Waals surface area contributed by atoms with Crippen LogP contribution in [0.15, 0.2) is 53.7 Å². The minimum absolute atomic E-state index is 0.255. The van der Waals surface area contributed by atoms with Crippen molar-refractivity contribution in [2.45, 2.75) is 38.2 Å². The van der Waals surface area contributed by atoms with Gasteiger partial charge in [-0.15, -0.1) is 10.2 Å². The van der Waals surface area contributed by atoms with E-state index in [1.807, 2.05) is 41.8 Å². The average molecular weight is 445 g/mol. The highest BCUT2D eigenvalue weighted by molar-refractivity contribution is 7.98.